The van der Waals surface area contributed by atoms with Gasteiger partial charge in [-0.1, -0.05) is 11.6 Å². The number of aromatic nitrogens is 2. The number of rotatable bonds is 3. The minimum absolute atomic E-state index is 0.00104. The number of hydrogen-bond donors (Lipinski definition) is 1. The highest BCUT2D eigenvalue weighted by Gasteiger charge is 2.41. The molecule has 0 radical (unpaired) electrons. The molecule has 4 heterocycles. The SMILES string of the molecule is C[C@@H]1CN(c2nc(=O)n3c4c(c(-c5cc(Cl)c(F)cc5F)c(C(F)(F)F)cc24)SC[C@@H](N2CCCC2)C3)C[C@H](C)N1C(=O)O. The van der Waals surface area contributed by atoms with Crippen LogP contribution in [0.1, 0.15) is 32.3 Å². The standard InChI is InChI=1S/C29H29ClF5N5O3S/c1-14-10-38(11-15(2)40(14)28(42)43)26-18-7-19(29(33,34)35)23(17-8-20(30)22(32)9-21(17)31)25-24(18)39(27(41)36-26)12-16(13-44-25)37-5-3-4-6-37/h7-9,14-16H,3-6,10-13H2,1-2H3,(H,42,43)/t14-,15+,16-/m0/s1. The molecule has 0 unspecified atom stereocenters. The van der Waals surface area contributed by atoms with Crippen LogP contribution in [0.15, 0.2) is 27.9 Å². The van der Waals surface area contributed by atoms with Crippen LogP contribution in [0.2, 0.25) is 5.02 Å². The summed E-state index contributed by atoms with van der Waals surface area (Å²) in [6, 6.07) is 0.887. The second-order valence-electron chi connectivity index (χ2n) is 11.6. The first-order chi connectivity index (χ1) is 20.8. The van der Waals surface area contributed by atoms with E-state index in [1.165, 1.54) is 9.47 Å². The zero-order valence-electron chi connectivity index (χ0n) is 23.8. The third-order valence-electron chi connectivity index (χ3n) is 8.69. The number of thioether (sulfide) groups is 1. The molecule has 1 N–H and O–H groups in total. The fourth-order valence-corrected chi connectivity index (χ4v) is 8.35. The normalized spacial score (nSPS) is 23.0. The van der Waals surface area contributed by atoms with Crippen LogP contribution in [0.5, 0.6) is 0 Å². The van der Waals surface area contributed by atoms with Gasteiger partial charge in [-0.25, -0.2) is 18.4 Å². The van der Waals surface area contributed by atoms with Gasteiger partial charge in [0.25, 0.3) is 0 Å². The summed E-state index contributed by atoms with van der Waals surface area (Å²) in [5.74, 6) is -2.01. The highest BCUT2D eigenvalue weighted by Crippen LogP contribution is 2.49. The summed E-state index contributed by atoms with van der Waals surface area (Å²) in [4.78, 5) is 35.1. The number of alkyl halides is 3. The van der Waals surface area contributed by atoms with E-state index in [0.717, 1.165) is 49.8 Å². The molecule has 2 saturated heterocycles. The van der Waals surface area contributed by atoms with Crippen molar-refractivity contribution in [1.82, 2.24) is 19.4 Å². The molecule has 3 aliphatic rings. The van der Waals surface area contributed by atoms with Crippen molar-refractivity contribution >= 4 is 46.2 Å². The molecule has 6 rings (SSSR count). The number of likely N-dealkylation sites (tertiary alicyclic amines) is 1. The van der Waals surface area contributed by atoms with Crippen LogP contribution in [-0.4, -0.2) is 80.6 Å². The van der Waals surface area contributed by atoms with E-state index in [4.69, 9.17) is 11.6 Å². The number of hydrogen-bond acceptors (Lipinski definition) is 6. The minimum atomic E-state index is -4.98. The zero-order chi connectivity index (χ0) is 31.7. The van der Waals surface area contributed by atoms with Crippen molar-refractivity contribution in [2.24, 2.45) is 0 Å². The summed E-state index contributed by atoms with van der Waals surface area (Å²) in [5, 5.41) is 9.18. The molecule has 0 saturated carbocycles. The number of carbonyl (C=O) groups is 1. The van der Waals surface area contributed by atoms with Gasteiger partial charge in [-0.15, -0.1) is 11.8 Å². The first kappa shape index (κ1) is 30.9. The average Bonchev–Trinajstić information content (AvgIpc) is 3.39. The van der Waals surface area contributed by atoms with E-state index in [0.29, 0.717) is 11.8 Å². The van der Waals surface area contributed by atoms with Crippen LogP contribution in [0.4, 0.5) is 32.6 Å². The quantitative estimate of drug-likeness (QED) is 0.267. The lowest BCUT2D eigenvalue weighted by Crippen LogP contribution is -2.58. The maximum absolute atomic E-state index is 15.4. The molecule has 2 aromatic carbocycles. The summed E-state index contributed by atoms with van der Waals surface area (Å²) >= 11 is 7.06. The molecule has 0 spiro atoms. The van der Waals surface area contributed by atoms with Gasteiger partial charge >= 0.3 is 18.0 Å². The predicted octanol–water partition coefficient (Wildman–Crippen LogP) is 6.16. The third-order valence-corrected chi connectivity index (χ3v) is 10.2. The van der Waals surface area contributed by atoms with Gasteiger partial charge in [0, 0.05) is 58.9 Å². The highest BCUT2D eigenvalue weighted by molar-refractivity contribution is 7.99. The van der Waals surface area contributed by atoms with Gasteiger partial charge in [-0.05, 0) is 51.9 Å². The smallest absolute Gasteiger partial charge is 0.417 e. The number of anilines is 1. The lowest BCUT2D eigenvalue weighted by Gasteiger charge is -2.43. The van der Waals surface area contributed by atoms with Crippen molar-refractivity contribution < 1.29 is 31.9 Å². The Hall–Kier alpha value is -3.10. The summed E-state index contributed by atoms with van der Waals surface area (Å²) in [6.07, 6.45) is -4.19. The van der Waals surface area contributed by atoms with Gasteiger partial charge in [-0.3, -0.25) is 14.4 Å². The Balaban J connectivity index is 1.66. The molecular formula is C29H29ClF5N5O3S. The fourth-order valence-electron chi connectivity index (χ4n) is 6.79. The first-order valence-electron chi connectivity index (χ1n) is 14.2. The molecule has 0 aliphatic carbocycles. The molecule has 1 aromatic heterocycles. The monoisotopic (exact) mass is 657 g/mol. The molecule has 8 nitrogen and oxygen atoms in total. The number of amides is 1. The number of halogens is 6. The Bertz CT molecular complexity index is 1700. The van der Waals surface area contributed by atoms with Crippen molar-refractivity contribution in [2.45, 2.75) is 62.4 Å². The summed E-state index contributed by atoms with van der Waals surface area (Å²) in [6.45, 7) is 5.25. The van der Waals surface area contributed by atoms with Crippen LogP contribution in [0.3, 0.4) is 0 Å². The van der Waals surface area contributed by atoms with E-state index >= 15 is 4.39 Å². The fraction of sp³-hybridized carbons (Fsp3) is 0.483. The number of benzene rings is 2. The zero-order valence-corrected chi connectivity index (χ0v) is 25.4. The van der Waals surface area contributed by atoms with Crippen LogP contribution < -0.4 is 10.6 Å². The average molecular weight is 658 g/mol. The van der Waals surface area contributed by atoms with Crippen molar-refractivity contribution in [3.8, 4) is 11.1 Å². The predicted molar refractivity (Wildman–Crippen MR) is 158 cm³/mol. The molecule has 15 heteroatoms. The molecule has 0 bridgehead atoms. The van der Waals surface area contributed by atoms with Crippen LogP contribution in [-0.2, 0) is 12.7 Å². The molecule has 1 amide bonds. The third kappa shape index (κ3) is 5.28. The second kappa shape index (κ2) is 11.4. The Labute approximate surface area is 258 Å². The van der Waals surface area contributed by atoms with Crippen molar-refractivity contribution in [2.75, 3.05) is 36.8 Å². The highest BCUT2D eigenvalue weighted by atomic mass is 35.5. The molecule has 2 fully saturated rings. The van der Waals surface area contributed by atoms with Gasteiger partial charge in [-0.2, -0.15) is 18.2 Å². The molecule has 44 heavy (non-hydrogen) atoms. The van der Waals surface area contributed by atoms with Crippen LogP contribution >= 0.6 is 23.4 Å². The van der Waals surface area contributed by atoms with E-state index in [2.05, 4.69) is 9.88 Å². The summed E-state index contributed by atoms with van der Waals surface area (Å²) in [7, 11) is 0. The minimum Gasteiger partial charge on any atom is -0.465 e. The van der Waals surface area contributed by atoms with Gasteiger partial charge in [0.2, 0.25) is 0 Å². The summed E-state index contributed by atoms with van der Waals surface area (Å²) < 4.78 is 75.7. The first-order valence-corrected chi connectivity index (χ1v) is 15.6. The maximum Gasteiger partial charge on any atom is 0.417 e. The van der Waals surface area contributed by atoms with Crippen molar-refractivity contribution in [3.05, 3.63) is 50.9 Å². The summed E-state index contributed by atoms with van der Waals surface area (Å²) in [5.41, 5.74) is -2.71. The Morgan fingerprint density at radius 2 is 1.70 bits per heavy atom. The van der Waals surface area contributed by atoms with Gasteiger partial charge in [0.05, 0.1) is 28.2 Å². The van der Waals surface area contributed by atoms with E-state index in [1.807, 2.05) is 0 Å². The van der Waals surface area contributed by atoms with E-state index in [9.17, 15) is 32.3 Å². The lowest BCUT2D eigenvalue weighted by molar-refractivity contribution is -0.137. The van der Waals surface area contributed by atoms with Crippen LogP contribution in [0, 0.1) is 11.6 Å². The Kier molecular flexibility index (Phi) is 7.98. The Morgan fingerprint density at radius 3 is 2.32 bits per heavy atom. The van der Waals surface area contributed by atoms with Gasteiger partial charge in [0.15, 0.2) is 0 Å². The van der Waals surface area contributed by atoms with Gasteiger partial charge < -0.3 is 10.0 Å². The van der Waals surface area contributed by atoms with Crippen molar-refractivity contribution in [3.63, 3.8) is 0 Å². The number of piperazine rings is 1. The lowest BCUT2D eigenvalue weighted by atomic mass is 9.95. The van der Waals surface area contributed by atoms with Crippen molar-refractivity contribution in [1.29, 1.82) is 0 Å². The molecule has 3 atom stereocenters. The second-order valence-corrected chi connectivity index (χ2v) is 13.0. The number of nitrogens with zero attached hydrogens (tertiary/aromatic N) is 5. The van der Waals surface area contributed by atoms with E-state index < -0.39 is 63.4 Å². The van der Waals surface area contributed by atoms with E-state index in [-0.39, 0.29) is 47.3 Å². The van der Waals surface area contributed by atoms with Crippen LogP contribution in [0.25, 0.3) is 22.0 Å². The molecule has 3 aliphatic heterocycles. The molecular weight excluding hydrogens is 629 g/mol. The maximum atomic E-state index is 15.4. The van der Waals surface area contributed by atoms with E-state index in [1.54, 1.807) is 18.7 Å². The Morgan fingerprint density at radius 1 is 1.05 bits per heavy atom. The largest absolute Gasteiger partial charge is 0.465 e. The molecule has 236 valence electrons. The topological polar surface area (TPSA) is 81.9 Å². The van der Waals surface area contributed by atoms with Gasteiger partial charge in [0.1, 0.15) is 17.5 Å². The molecule has 3 aromatic rings. The number of carboxylic acid groups (broad SMARTS) is 1.